The van der Waals surface area contributed by atoms with Crippen LogP contribution in [0.4, 0.5) is 0 Å². The predicted molar refractivity (Wildman–Crippen MR) is 81.3 cm³/mol. The Morgan fingerprint density at radius 1 is 1.36 bits per heavy atom. The minimum atomic E-state index is -0.933. The van der Waals surface area contributed by atoms with Crippen molar-refractivity contribution in [3.63, 3.8) is 0 Å². The second kappa shape index (κ2) is 7.21. The highest BCUT2D eigenvalue weighted by Gasteiger charge is 2.14. The number of rotatable bonds is 7. The molecule has 1 amide bonds. The standard InChI is InChI=1S/C13H16BrN5O3/c1-2-18-11(9(14)7-17-18)8-15-13(22)10-3-5-16-19(10)6-4-12(20)21/h3,5,7H,2,4,6,8H2,1H3,(H,15,22)(H,20,21). The average molecular weight is 370 g/mol. The summed E-state index contributed by atoms with van der Waals surface area (Å²) < 4.78 is 4.00. The molecule has 22 heavy (non-hydrogen) atoms. The molecule has 9 heteroatoms. The Bertz CT molecular complexity index is 679. The Morgan fingerprint density at radius 2 is 2.14 bits per heavy atom. The largest absolute Gasteiger partial charge is 0.481 e. The van der Waals surface area contributed by atoms with Gasteiger partial charge in [-0.15, -0.1) is 0 Å². The SMILES string of the molecule is CCn1ncc(Br)c1CNC(=O)c1ccnn1CCC(=O)O. The monoisotopic (exact) mass is 369 g/mol. The summed E-state index contributed by atoms with van der Waals surface area (Å²) in [5.74, 6) is -1.24. The van der Waals surface area contributed by atoms with Gasteiger partial charge in [0.1, 0.15) is 5.69 Å². The van der Waals surface area contributed by atoms with Crippen LogP contribution in [-0.4, -0.2) is 36.5 Å². The molecule has 0 radical (unpaired) electrons. The number of carboxylic acids is 1. The van der Waals surface area contributed by atoms with Gasteiger partial charge in [0.15, 0.2) is 0 Å². The molecule has 0 aromatic carbocycles. The molecular formula is C13H16BrN5O3. The maximum absolute atomic E-state index is 12.2. The van der Waals surface area contributed by atoms with Crippen molar-refractivity contribution in [3.8, 4) is 0 Å². The number of aryl methyl sites for hydroxylation is 2. The van der Waals surface area contributed by atoms with Crippen molar-refractivity contribution in [3.05, 3.63) is 34.3 Å². The highest BCUT2D eigenvalue weighted by molar-refractivity contribution is 9.10. The van der Waals surface area contributed by atoms with Gasteiger partial charge in [0, 0.05) is 12.7 Å². The summed E-state index contributed by atoms with van der Waals surface area (Å²) in [5.41, 5.74) is 1.20. The van der Waals surface area contributed by atoms with Crippen LogP contribution in [0.5, 0.6) is 0 Å². The van der Waals surface area contributed by atoms with Crippen LogP contribution in [-0.2, 0) is 24.4 Å². The van der Waals surface area contributed by atoms with Crippen molar-refractivity contribution in [1.82, 2.24) is 24.9 Å². The lowest BCUT2D eigenvalue weighted by Crippen LogP contribution is -2.27. The third-order valence-electron chi connectivity index (χ3n) is 3.10. The van der Waals surface area contributed by atoms with Crippen LogP contribution in [0.1, 0.15) is 29.5 Å². The molecule has 0 saturated carbocycles. The van der Waals surface area contributed by atoms with Crippen molar-refractivity contribution < 1.29 is 14.7 Å². The molecule has 0 bridgehead atoms. The molecule has 0 aliphatic rings. The Kier molecular flexibility index (Phi) is 5.31. The average Bonchev–Trinajstić information content (AvgIpc) is 3.09. The molecule has 0 unspecified atom stereocenters. The van der Waals surface area contributed by atoms with E-state index in [2.05, 4.69) is 31.4 Å². The molecule has 118 valence electrons. The van der Waals surface area contributed by atoms with E-state index in [1.807, 2.05) is 6.92 Å². The number of aliphatic carboxylic acids is 1. The number of carbonyl (C=O) groups is 2. The summed E-state index contributed by atoms with van der Waals surface area (Å²) in [6, 6.07) is 1.56. The zero-order chi connectivity index (χ0) is 16.1. The van der Waals surface area contributed by atoms with Crippen molar-refractivity contribution in [1.29, 1.82) is 0 Å². The normalized spacial score (nSPS) is 10.6. The predicted octanol–water partition coefficient (Wildman–Crippen LogP) is 1.27. The second-order valence-corrected chi connectivity index (χ2v) is 5.38. The minimum Gasteiger partial charge on any atom is -0.481 e. The molecule has 8 nitrogen and oxygen atoms in total. The van der Waals surface area contributed by atoms with E-state index in [9.17, 15) is 9.59 Å². The van der Waals surface area contributed by atoms with Crippen molar-refractivity contribution >= 4 is 27.8 Å². The fourth-order valence-corrected chi connectivity index (χ4v) is 2.43. The second-order valence-electron chi connectivity index (χ2n) is 4.52. The topological polar surface area (TPSA) is 102 Å². The van der Waals surface area contributed by atoms with Crippen LogP contribution >= 0.6 is 15.9 Å². The van der Waals surface area contributed by atoms with E-state index in [4.69, 9.17) is 5.11 Å². The number of aromatic nitrogens is 4. The zero-order valence-corrected chi connectivity index (χ0v) is 13.6. The quantitative estimate of drug-likeness (QED) is 0.764. The van der Waals surface area contributed by atoms with Gasteiger partial charge in [0.25, 0.3) is 5.91 Å². The van der Waals surface area contributed by atoms with E-state index in [1.165, 1.54) is 10.9 Å². The van der Waals surface area contributed by atoms with Crippen molar-refractivity contribution in [2.75, 3.05) is 0 Å². The van der Waals surface area contributed by atoms with Gasteiger partial charge in [-0.1, -0.05) is 0 Å². The van der Waals surface area contributed by atoms with Gasteiger partial charge in [-0.05, 0) is 28.9 Å². The fourth-order valence-electron chi connectivity index (χ4n) is 2.00. The molecule has 0 atom stereocenters. The molecule has 2 rings (SSSR count). The van der Waals surface area contributed by atoms with E-state index in [0.717, 1.165) is 10.2 Å². The summed E-state index contributed by atoms with van der Waals surface area (Å²) in [6.45, 7) is 3.14. The van der Waals surface area contributed by atoms with Crippen molar-refractivity contribution in [2.45, 2.75) is 33.0 Å². The molecule has 0 aliphatic heterocycles. The highest BCUT2D eigenvalue weighted by Crippen LogP contribution is 2.15. The Balaban J connectivity index is 2.02. The molecule has 2 aromatic heterocycles. The summed E-state index contributed by atoms with van der Waals surface area (Å²) in [4.78, 5) is 22.8. The number of hydrogen-bond acceptors (Lipinski definition) is 4. The van der Waals surface area contributed by atoms with E-state index in [1.54, 1.807) is 16.9 Å². The Hall–Kier alpha value is -2.16. The lowest BCUT2D eigenvalue weighted by atomic mass is 10.3. The van der Waals surface area contributed by atoms with Gasteiger partial charge in [0.05, 0.1) is 35.9 Å². The highest BCUT2D eigenvalue weighted by atomic mass is 79.9. The molecule has 0 saturated heterocycles. The lowest BCUT2D eigenvalue weighted by molar-refractivity contribution is -0.137. The molecule has 2 N–H and O–H groups in total. The Morgan fingerprint density at radius 3 is 2.82 bits per heavy atom. The van der Waals surface area contributed by atoms with Gasteiger partial charge in [-0.25, -0.2) is 0 Å². The number of amides is 1. The smallest absolute Gasteiger partial charge is 0.305 e. The zero-order valence-electron chi connectivity index (χ0n) is 12.0. The fraction of sp³-hybridized carbons (Fsp3) is 0.385. The van der Waals surface area contributed by atoms with E-state index < -0.39 is 5.97 Å². The number of carbonyl (C=O) groups excluding carboxylic acids is 1. The number of nitrogens with one attached hydrogen (secondary N) is 1. The molecule has 2 heterocycles. The third-order valence-corrected chi connectivity index (χ3v) is 3.76. The van der Waals surface area contributed by atoms with Crippen molar-refractivity contribution in [2.24, 2.45) is 0 Å². The number of hydrogen-bond donors (Lipinski definition) is 2. The van der Waals surface area contributed by atoms with Crippen LogP contribution in [0.2, 0.25) is 0 Å². The van der Waals surface area contributed by atoms with Gasteiger partial charge < -0.3 is 10.4 Å². The molecule has 0 spiro atoms. The first-order valence-electron chi connectivity index (χ1n) is 6.75. The summed E-state index contributed by atoms with van der Waals surface area (Å²) in [6.07, 6.45) is 3.07. The van der Waals surface area contributed by atoms with E-state index in [0.29, 0.717) is 18.8 Å². The molecule has 0 fully saturated rings. The lowest BCUT2D eigenvalue weighted by Gasteiger charge is -2.09. The van der Waals surface area contributed by atoms with Crippen LogP contribution in [0.25, 0.3) is 0 Å². The first kappa shape index (κ1) is 16.2. The van der Waals surface area contributed by atoms with E-state index >= 15 is 0 Å². The first-order valence-corrected chi connectivity index (χ1v) is 7.54. The maximum atomic E-state index is 12.2. The maximum Gasteiger partial charge on any atom is 0.305 e. The van der Waals surface area contributed by atoms with Gasteiger partial charge in [-0.3, -0.25) is 19.0 Å². The Labute approximate surface area is 135 Å². The summed E-state index contributed by atoms with van der Waals surface area (Å²) in [5, 5.41) is 19.6. The number of nitrogens with zero attached hydrogens (tertiary/aromatic N) is 4. The van der Waals surface area contributed by atoms with Gasteiger partial charge in [0.2, 0.25) is 0 Å². The number of carboxylic acid groups (broad SMARTS) is 1. The minimum absolute atomic E-state index is 0.0872. The van der Waals surface area contributed by atoms with Crippen LogP contribution < -0.4 is 5.32 Å². The molecular weight excluding hydrogens is 354 g/mol. The number of halogens is 1. The van der Waals surface area contributed by atoms with E-state index in [-0.39, 0.29) is 18.9 Å². The van der Waals surface area contributed by atoms with Crippen LogP contribution in [0.3, 0.4) is 0 Å². The van der Waals surface area contributed by atoms with Gasteiger partial charge in [-0.2, -0.15) is 10.2 Å². The summed E-state index contributed by atoms with van der Waals surface area (Å²) in [7, 11) is 0. The van der Waals surface area contributed by atoms with Crippen LogP contribution in [0, 0.1) is 0 Å². The first-order chi connectivity index (χ1) is 10.5. The third kappa shape index (κ3) is 3.73. The van der Waals surface area contributed by atoms with Crippen LogP contribution in [0.15, 0.2) is 22.9 Å². The summed E-state index contributed by atoms with van der Waals surface area (Å²) >= 11 is 3.39. The van der Waals surface area contributed by atoms with Gasteiger partial charge >= 0.3 is 5.97 Å². The molecule has 0 aliphatic carbocycles. The molecule has 2 aromatic rings.